The van der Waals surface area contributed by atoms with Crippen LogP contribution in [0, 0.1) is 0 Å². The molecule has 0 atom stereocenters. The lowest BCUT2D eigenvalue weighted by molar-refractivity contribution is 0.268. The van der Waals surface area contributed by atoms with Gasteiger partial charge in [0.1, 0.15) is 0 Å². The normalized spacial score (nSPS) is 12.3. The average Bonchev–Trinajstić information content (AvgIpc) is 2.02. The Hall–Kier alpha value is -0.170. The summed E-state index contributed by atoms with van der Waals surface area (Å²) in [6.45, 7) is 2.70. The zero-order valence-corrected chi connectivity index (χ0v) is 8.76. The quantitative estimate of drug-likeness (QED) is 0.603. The fourth-order valence-electron chi connectivity index (χ4n) is 0.948. The van der Waals surface area contributed by atoms with Crippen molar-refractivity contribution in [1.29, 1.82) is 0 Å². The van der Waals surface area contributed by atoms with Crippen LogP contribution in [0.1, 0.15) is 26.2 Å². The van der Waals surface area contributed by atoms with Crippen LogP contribution in [0.2, 0.25) is 0 Å². The number of hydrogen-bond donors (Lipinski definition) is 2. The highest BCUT2D eigenvalue weighted by molar-refractivity contribution is 7.86. The van der Waals surface area contributed by atoms with E-state index in [0.717, 1.165) is 12.8 Å². The Labute approximate surface area is 79.7 Å². The Kier molecular flexibility index (Phi) is 6.23. The minimum atomic E-state index is -3.59. The molecular formula is C7H18N2O3S. The minimum Gasteiger partial charge on any atom is -0.396 e. The summed E-state index contributed by atoms with van der Waals surface area (Å²) in [6, 6.07) is 0. The molecule has 0 aliphatic heterocycles. The van der Waals surface area contributed by atoms with E-state index in [1.54, 1.807) is 0 Å². The van der Waals surface area contributed by atoms with Gasteiger partial charge in [0.05, 0.1) is 0 Å². The Morgan fingerprint density at radius 1 is 1.31 bits per heavy atom. The topological polar surface area (TPSA) is 83.6 Å². The zero-order valence-electron chi connectivity index (χ0n) is 7.94. The molecule has 0 amide bonds. The van der Waals surface area contributed by atoms with Gasteiger partial charge in [-0.05, 0) is 12.8 Å². The highest BCUT2D eigenvalue weighted by Gasteiger charge is 2.15. The predicted molar refractivity (Wildman–Crippen MR) is 51.3 cm³/mol. The fourth-order valence-corrected chi connectivity index (χ4v) is 1.71. The Morgan fingerprint density at radius 3 is 2.23 bits per heavy atom. The molecule has 0 fully saturated rings. The smallest absolute Gasteiger partial charge is 0.276 e. The van der Waals surface area contributed by atoms with Crippen LogP contribution < -0.4 is 5.14 Å². The van der Waals surface area contributed by atoms with Gasteiger partial charge in [0, 0.05) is 19.7 Å². The van der Waals surface area contributed by atoms with E-state index >= 15 is 0 Å². The molecule has 5 nitrogen and oxygen atoms in total. The number of hydrogen-bond acceptors (Lipinski definition) is 3. The number of aliphatic hydroxyl groups excluding tert-OH is 1. The van der Waals surface area contributed by atoms with Gasteiger partial charge in [-0.25, -0.2) is 5.14 Å². The second kappa shape index (κ2) is 6.31. The van der Waals surface area contributed by atoms with Crippen molar-refractivity contribution in [1.82, 2.24) is 4.31 Å². The second-order valence-electron chi connectivity index (χ2n) is 2.87. The first-order chi connectivity index (χ1) is 6.02. The molecule has 0 aromatic carbocycles. The van der Waals surface area contributed by atoms with E-state index in [1.807, 2.05) is 6.92 Å². The van der Waals surface area contributed by atoms with Gasteiger partial charge in [-0.2, -0.15) is 12.7 Å². The summed E-state index contributed by atoms with van der Waals surface area (Å²) in [5.41, 5.74) is 0. The lowest BCUT2D eigenvalue weighted by Gasteiger charge is -2.18. The van der Waals surface area contributed by atoms with Crippen molar-refractivity contribution in [2.24, 2.45) is 5.14 Å². The van der Waals surface area contributed by atoms with Crippen LogP contribution in [-0.2, 0) is 10.2 Å². The summed E-state index contributed by atoms with van der Waals surface area (Å²) in [7, 11) is -3.59. The van der Waals surface area contributed by atoms with Gasteiger partial charge in [0.2, 0.25) is 0 Å². The molecule has 0 aliphatic carbocycles. The van der Waals surface area contributed by atoms with Gasteiger partial charge >= 0.3 is 0 Å². The molecule has 0 aromatic rings. The second-order valence-corrected chi connectivity index (χ2v) is 4.42. The molecule has 0 rings (SSSR count). The standard InChI is InChI=1S/C7H18N2O3S/c1-2-3-5-9(6-4-7-10)13(8,11)12/h10H,2-7H2,1H3,(H2,8,11,12). The molecule has 6 heteroatoms. The van der Waals surface area contributed by atoms with Crippen LogP contribution in [0.25, 0.3) is 0 Å². The largest absolute Gasteiger partial charge is 0.396 e. The van der Waals surface area contributed by atoms with Crippen molar-refractivity contribution in [2.45, 2.75) is 26.2 Å². The summed E-state index contributed by atoms with van der Waals surface area (Å²) < 4.78 is 23.1. The van der Waals surface area contributed by atoms with Gasteiger partial charge in [0.25, 0.3) is 10.2 Å². The first-order valence-corrected chi connectivity index (χ1v) is 5.91. The van der Waals surface area contributed by atoms with Gasteiger partial charge < -0.3 is 5.11 Å². The summed E-state index contributed by atoms with van der Waals surface area (Å²) in [6.07, 6.45) is 2.15. The zero-order chi connectivity index (χ0) is 10.3. The molecule has 0 saturated heterocycles. The van der Waals surface area contributed by atoms with Crippen molar-refractivity contribution in [3.63, 3.8) is 0 Å². The van der Waals surface area contributed by atoms with Crippen LogP contribution in [0.3, 0.4) is 0 Å². The van der Waals surface area contributed by atoms with E-state index in [2.05, 4.69) is 0 Å². The van der Waals surface area contributed by atoms with Crippen molar-refractivity contribution in [3.8, 4) is 0 Å². The van der Waals surface area contributed by atoms with Gasteiger partial charge in [-0.15, -0.1) is 0 Å². The van der Waals surface area contributed by atoms with Gasteiger partial charge in [0.15, 0.2) is 0 Å². The van der Waals surface area contributed by atoms with Crippen molar-refractivity contribution in [2.75, 3.05) is 19.7 Å². The molecular weight excluding hydrogens is 192 g/mol. The maximum Gasteiger partial charge on any atom is 0.276 e. The Bertz CT molecular complexity index is 208. The maximum atomic E-state index is 11.0. The molecule has 0 heterocycles. The molecule has 3 N–H and O–H groups in total. The third kappa shape index (κ3) is 5.98. The average molecular weight is 210 g/mol. The van der Waals surface area contributed by atoms with E-state index in [4.69, 9.17) is 10.2 Å². The van der Waals surface area contributed by atoms with E-state index in [1.165, 1.54) is 4.31 Å². The molecule has 13 heavy (non-hydrogen) atoms. The fraction of sp³-hybridized carbons (Fsp3) is 1.00. The lowest BCUT2D eigenvalue weighted by atomic mass is 10.3. The van der Waals surface area contributed by atoms with E-state index < -0.39 is 10.2 Å². The van der Waals surface area contributed by atoms with Crippen LogP contribution in [0.5, 0.6) is 0 Å². The molecule has 0 radical (unpaired) electrons. The lowest BCUT2D eigenvalue weighted by Crippen LogP contribution is -2.38. The van der Waals surface area contributed by atoms with E-state index in [0.29, 0.717) is 19.5 Å². The molecule has 0 aliphatic rings. The first-order valence-electron chi connectivity index (χ1n) is 4.41. The van der Waals surface area contributed by atoms with Gasteiger partial charge in [-0.1, -0.05) is 13.3 Å². The molecule has 0 saturated carbocycles. The van der Waals surface area contributed by atoms with Gasteiger partial charge in [-0.3, -0.25) is 0 Å². The van der Waals surface area contributed by atoms with E-state index in [9.17, 15) is 8.42 Å². The van der Waals surface area contributed by atoms with Crippen LogP contribution in [0.4, 0.5) is 0 Å². The van der Waals surface area contributed by atoms with Crippen LogP contribution >= 0.6 is 0 Å². The minimum absolute atomic E-state index is 0.0157. The molecule has 0 aromatic heterocycles. The number of rotatable bonds is 7. The first kappa shape index (κ1) is 12.8. The number of unbranched alkanes of at least 4 members (excludes halogenated alkanes) is 1. The Morgan fingerprint density at radius 2 is 1.85 bits per heavy atom. The summed E-state index contributed by atoms with van der Waals surface area (Å²) in [5.74, 6) is 0. The third-order valence-corrected chi connectivity index (χ3v) is 2.77. The van der Waals surface area contributed by atoms with Crippen molar-refractivity contribution >= 4 is 10.2 Å². The molecule has 0 bridgehead atoms. The highest BCUT2D eigenvalue weighted by Crippen LogP contribution is 2.00. The highest BCUT2D eigenvalue weighted by atomic mass is 32.2. The summed E-state index contributed by atoms with van der Waals surface area (Å²) in [5, 5.41) is 13.5. The van der Waals surface area contributed by atoms with Crippen molar-refractivity contribution < 1.29 is 13.5 Å². The molecule has 80 valence electrons. The molecule has 0 spiro atoms. The van der Waals surface area contributed by atoms with Crippen molar-refractivity contribution in [3.05, 3.63) is 0 Å². The maximum absolute atomic E-state index is 11.0. The van der Waals surface area contributed by atoms with Crippen LogP contribution in [0.15, 0.2) is 0 Å². The predicted octanol–water partition coefficient (Wildman–Crippen LogP) is -0.326. The SMILES string of the molecule is CCCCN(CCCO)S(N)(=O)=O. The van der Waals surface area contributed by atoms with E-state index in [-0.39, 0.29) is 6.61 Å². The Balaban J connectivity index is 4.04. The number of nitrogens with zero attached hydrogens (tertiary/aromatic N) is 1. The molecule has 0 unspecified atom stereocenters. The third-order valence-electron chi connectivity index (χ3n) is 1.69. The number of nitrogens with two attached hydrogens (primary N) is 1. The monoisotopic (exact) mass is 210 g/mol. The summed E-state index contributed by atoms with van der Waals surface area (Å²) in [4.78, 5) is 0. The van der Waals surface area contributed by atoms with Crippen LogP contribution in [-0.4, -0.2) is 37.5 Å². The summed E-state index contributed by atoms with van der Waals surface area (Å²) >= 11 is 0. The number of aliphatic hydroxyl groups is 1.